The number of amides is 1. The first kappa shape index (κ1) is 22.0. The molecule has 27 heavy (non-hydrogen) atoms. The molecule has 3 atom stereocenters. The third kappa shape index (κ3) is 8.93. The number of aliphatic hydroxyl groups is 1. The van der Waals surface area contributed by atoms with Gasteiger partial charge in [-0.25, -0.2) is 0 Å². The summed E-state index contributed by atoms with van der Waals surface area (Å²) < 4.78 is 5.47. The number of guanidine groups is 1. The lowest BCUT2D eigenvalue weighted by atomic mass is 9.85. The van der Waals surface area contributed by atoms with Crippen LogP contribution in [0.4, 0.5) is 0 Å². The monoisotopic (exact) mass is 382 g/mol. The van der Waals surface area contributed by atoms with Crippen LogP contribution in [0.25, 0.3) is 0 Å². The molecule has 0 aromatic heterocycles. The highest BCUT2D eigenvalue weighted by molar-refractivity contribution is 5.81. The third-order valence-corrected chi connectivity index (χ3v) is 4.88. The van der Waals surface area contributed by atoms with Crippen LogP contribution < -0.4 is 16.0 Å². The van der Waals surface area contributed by atoms with E-state index in [0.29, 0.717) is 37.7 Å². The van der Waals surface area contributed by atoms with Crippen molar-refractivity contribution in [2.24, 2.45) is 16.8 Å². The smallest absolute Gasteiger partial charge is 0.223 e. The van der Waals surface area contributed by atoms with E-state index in [9.17, 15) is 9.90 Å². The van der Waals surface area contributed by atoms with Crippen LogP contribution >= 0.6 is 0 Å². The molecule has 156 valence electrons. The Morgan fingerprint density at radius 2 is 1.93 bits per heavy atom. The number of carbonyl (C=O) groups excluding carboxylic acids is 1. The molecule has 0 aromatic rings. The van der Waals surface area contributed by atoms with Gasteiger partial charge in [-0.3, -0.25) is 9.79 Å². The zero-order valence-corrected chi connectivity index (χ0v) is 17.2. The molecular weight excluding hydrogens is 344 g/mol. The molecule has 2 fully saturated rings. The minimum atomic E-state index is -0.609. The minimum absolute atomic E-state index is 0.0924. The summed E-state index contributed by atoms with van der Waals surface area (Å²) in [6.45, 7) is 8.18. The van der Waals surface area contributed by atoms with Crippen LogP contribution in [-0.4, -0.2) is 61.5 Å². The standard InChI is InChI=1S/C20H38N4O3/c1-4-21-20(22-11-18(25)13-27-12-14(2)3)24-17-7-5-6-15(10-17)19(26)23-16-8-9-16/h14-18,25H,4-13H2,1-3H3,(H,23,26)(H2,21,22,24). The van der Waals surface area contributed by atoms with Gasteiger partial charge < -0.3 is 25.8 Å². The molecule has 0 saturated heterocycles. The van der Waals surface area contributed by atoms with Gasteiger partial charge >= 0.3 is 0 Å². The summed E-state index contributed by atoms with van der Waals surface area (Å²) in [7, 11) is 0. The average Bonchev–Trinajstić information content (AvgIpc) is 3.44. The third-order valence-electron chi connectivity index (χ3n) is 4.88. The number of nitrogens with zero attached hydrogens (tertiary/aromatic N) is 1. The zero-order chi connectivity index (χ0) is 19.6. The van der Waals surface area contributed by atoms with E-state index in [4.69, 9.17) is 4.74 Å². The van der Waals surface area contributed by atoms with Crippen LogP contribution in [0.15, 0.2) is 4.99 Å². The quantitative estimate of drug-likeness (QED) is 0.339. The largest absolute Gasteiger partial charge is 0.389 e. The van der Waals surface area contributed by atoms with Crippen molar-refractivity contribution in [1.82, 2.24) is 16.0 Å². The summed E-state index contributed by atoms with van der Waals surface area (Å²) in [5.41, 5.74) is 0. The molecule has 1 amide bonds. The van der Waals surface area contributed by atoms with Crippen LogP contribution in [0.5, 0.6) is 0 Å². The van der Waals surface area contributed by atoms with E-state index >= 15 is 0 Å². The molecule has 0 radical (unpaired) electrons. The Morgan fingerprint density at radius 3 is 2.59 bits per heavy atom. The van der Waals surface area contributed by atoms with Gasteiger partial charge in [-0.1, -0.05) is 20.3 Å². The first-order valence-electron chi connectivity index (χ1n) is 10.6. The zero-order valence-electron chi connectivity index (χ0n) is 17.2. The predicted octanol–water partition coefficient (Wildman–Crippen LogP) is 1.41. The van der Waals surface area contributed by atoms with Gasteiger partial charge in [-0.05, 0) is 44.9 Å². The van der Waals surface area contributed by atoms with Gasteiger partial charge in [0.2, 0.25) is 5.91 Å². The molecule has 0 heterocycles. The van der Waals surface area contributed by atoms with Gasteiger partial charge in [0.05, 0.1) is 19.3 Å². The molecule has 0 aliphatic heterocycles. The number of carbonyl (C=O) groups is 1. The first-order chi connectivity index (χ1) is 13.0. The highest BCUT2D eigenvalue weighted by atomic mass is 16.5. The summed E-state index contributed by atoms with van der Waals surface area (Å²) in [5, 5.41) is 19.9. The van der Waals surface area contributed by atoms with E-state index in [1.807, 2.05) is 6.92 Å². The van der Waals surface area contributed by atoms with Crippen molar-refractivity contribution in [2.75, 3.05) is 26.3 Å². The number of nitrogens with one attached hydrogen (secondary N) is 3. The molecule has 0 aromatic carbocycles. The van der Waals surface area contributed by atoms with Crippen LogP contribution in [0.2, 0.25) is 0 Å². The highest BCUT2D eigenvalue weighted by Gasteiger charge is 2.31. The van der Waals surface area contributed by atoms with Gasteiger partial charge in [0.1, 0.15) is 0 Å². The second-order valence-corrected chi connectivity index (χ2v) is 8.29. The van der Waals surface area contributed by atoms with Gasteiger partial charge in [0.25, 0.3) is 0 Å². The topological polar surface area (TPSA) is 95.0 Å². The van der Waals surface area contributed by atoms with Crippen molar-refractivity contribution in [2.45, 2.75) is 77.5 Å². The van der Waals surface area contributed by atoms with Crippen molar-refractivity contribution in [1.29, 1.82) is 0 Å². The van der Waals surface area contributed by atoms with Gasteiger partial charge in [-0.15, -0.1) is 0 Å². The lowest BCUT2D eigenvalue weighted by Gasteiger charge is -2.30. The molecule has 7 heteroatoms. The number of hydrogen-bond acceptors (Lipinski definition) is 4. The number of aliphatic imine (C=N–C) groups is 1. The predicted molar refractivity (Wildman–Crippen MR) is 108 cm³/mol. The average molecular weight is 383 g/mol. The van der Waals surface area contributed by atoms with E-state index in [2.05, 4.69) is 34.8 Å². The Balaban J connectivity index is 1.78. The number of hydrogen-bond donors (Lipinski definition) is 4. The molecule has 0 spiro atoms. The molecule has 2 aliphatic rings. The van der Waals surface area contributed by atoms with Crippen LogP contribution in [0.1, 0.15) is 59.3 Å². The Kier molecular flexibility index (Phi) is 9.34. The Morgan fingerprint density at radius 1 is 1.15 bits per heavy atom. The van der Waals surface area contributed by atoms with Crippen molar-refractivity contribution >= 4 is 11.9 Å². The molecule has 3 unspecified atom stereocenters. The number of ether oxygens (including phenoxy) is 1. The lowest BCUT2D eigenvalue weighted by Crippen LogP contribution is -2.47. The summed E-state index contributed by atoms with van der Waals surface area (Å²) >= 11 is 0. The van der Waals surface area contributed by atoms with Crippen LogP contribution in [0, 0.1) is 11.8 Å². The Bertz CT molecular complexity index is 480. The summed E-state index contributed by atoms with van der Waals surface area (Å²) in [6.07, 6.45) is 5.53. The first-order valence-corrected chi connectivity index (χ1v) is 10.6. The Hall–Kier alpha value is -1.34. The fourth-order valence-corrected chi connectivity index (χ4v) is 3.31. The van der Waals surface area contributed by atoms with E-state index in [0.717, 1.165) is 45.1 Å². The highest BCUT2D eigenvalue weighted by Crippen LogP contribution is 2.26. The lowest BCUT2D eigenvalue weighted by molar-refractivity contribution is -0.126. The number of rotatable bonds is 10. The van der Waals surface area contributed by atoms with E-state index in [1.54, 1.807) is 0 Å². The van der Waals surface area contributed by atoms with E-state index in [-0.39, 0.29) is 17.9 Å². The normalized spacial score (nSPS) is 24.6. The van der Waals surface area contributed by atoms with Crippen LogP contribution in [0.3, 0.4) is 0 Å². The molecular formula is C20H38N4O3. The second kappa shape index (κ2) is 11.5. The number of aliphatic hydroxyl groups excluding tert-OH is 1. The molecule has 2 rings (SSSR count). The van der Waals surface area contributed by atoms with Crippen molar-refractivity contribution in [3.8, 4) is 0 Å². The maximum Gasteiger partial charge on any atom is 0.223 e. The van der Waals surface area contributed by atoms with Gasteiger partial charge in [-0.2, -0.15) is 0 Å². The molecule has 7 nitrogen and oxygen atoms in total. The molecule has 0 bridgehead atoms. The molecule has 2 saturated carbocycles. The van der Waals surface area contributed by atoms with Crippen molar-refractivity contribution in [3.63, 3.8) is 0 Å². The van der Waals surface area contributed by atoms with Gasteiger partial charge in [0.15, 0.2) is 5.96 Å². The maximum atomic E-state index is 12.3. The summed E-state index contributed by atoms with van der Waals surface area (Å²) in [5.74, 6) is 1.46. The fraction of sp³-hybridized carbons (Fsp3) is 0.900. The van der Waals surface area contributed by atoms with E-state index < -0.39 is 6.10 Å². The maximum absolute atomic E-state index is 12.3. The van der Waals surface area contributed by atoms with Crippen molar-refractivity contribution < 1.29 is 14.6 Å². The molecule has 4 N–H and O–H groups in total. The summed E-state index contributed by atoms with van der Waals surface area (Å²) in [4.78, 5) is 16.8. The van der Waals surface area contributed by atoms with E-state index in [1.165, 1.54) is 0 Å². The van der Waals surface area contributed by atoms with Crippen LogP contribution in [-0.2, 0) is 9.53 Å². The SMILES string of the molecule is CCNC(=NCC(O)COCC(C)C)NC1CCCC(C(=O)NC2CC2)C1. The second-order valence-electron chi connectivity index (χ2n) is 8.29. The fourth-order valence-electron chi connectivity index (χ4n) is 3.31. The van der Waals surface area contributed by atoms with Gasteiger partial charge in [0, 0.05) is 31.2 Å². The summed E-state index contributed by atoms with van der Waals surface area (Å²) in [6, 6.07) is 0.657. The van der Waals surface area contributed by atoms with Crippen molar-refractivity contribution in [3.05, 3.63) is 0 Å². The minimum Gasteiger partial charge on any atom is -0.389 e. The Labute approximate surface area is 163 Å². The molecule has 2 aliphatic carbocycles.